The molecule has 0 rings (SSSR count). The Hall–Kier alpha value is -0.830. The van der Waals surface area contributed by atoms with Gasteiger partial charge in [-0.1, -0.05) is 6.08 Å². The van der Waals surface area contributed by atoms with E-state index in [1.54, 1.807) is 13.0 Å². The average Bonchev–Trinajstić information content (AvgIpc) is 1.85. The largest absolute Gasteiger partial charge is 0.460 e. The second-order valence-corrected chi connectivity index (χ2v) is 1.39. The smallest absolute Gasteiger partial charge is 0.330 e. The van der Waals surface area contributed by atoms with Crippen LogP contribution in [0.25, 0.3) is 0 Å². The number of hydrogen-bond acceptors (Lipinski definition) is 3. The molecule has 0 aliphatic carbocycles. The molecule has 0 saturated heterocycles. The Morgan fingerprint density at radius 1 is 1.78 bits per heavy atom. The predicted octanol–water partition coefficient (Wildman–Crippen LogP) is 0.0980. The summed E-state index contributed by atoms with van der Waals surface area (Å²) in [6.45, 7) is 1.67. The highest BCUT2D eigenvalue weighted by atomic mass is 16.5. The van der Waals surface area contributed by atoms with E-state index in [1.165, 1.54) is 6.08 Å². The Morgan fingerprint density at radius 2 is 2.44 bits per heavy atom. The molecule has 3 nitrogen and oxygen atoms in total. The summed E-state index contributed by atoms with van der Waals surface area (Å²) in [5.41, 5.74) is 0. The molecular weight excluding hydrogens is 120 g/mol. The Balaban J connectivity index is 3.27. The van der Waals surface area contributed by atoms with E-state index in [0.29, 0.717) is 0 Å². The first-order chi connectivity index (χ1) is 4.31. The fourth-order valence-electron chi connectivity index (χ4n) is 0.330. The summed E-state index contributed by atoms with van der Waals surface area (Å²) in [4.78, 5) is 10.4. The molecule has 0 saturated carbocycles. The Labute approximate surface area is 53.9 Å². The van der Waals surface area contributed by atoms with Gasteiger partial charge in [-0.2, -0.15) is 0 Å². The molecule has 0 amide bonds. The second-order valence-electron chi connectivity index (χ2n) is 1.39. The summed E-state index contributed by atoms with van der Waals surface area (Å²) >= 11 is 0. The number of esters is 1. The van der Waals surface area contributed by atoms with Crippen LogP contribution >= 0.6 is 0 Å². The number of rotatable bonds is 3. The van der Waals surface area contributed by atoms with E-state index in [1.807, 2.05) is 0 Å². The van der Waals surface area contributed by atoms with Crippen LogP contribution < -0.4 is 0 Å². The van der Waals surface area contributed by atoms with Crippen molar-refractivity contribution in [2.75, 3.05) is 13.2 Å². The van der Waals surface area contributed by atoms with Crippen LogP contribution in [0.15, 0.2) is 12.2 Å². The van der Waals surface area contributed by atoms with Crippen molar-refractivity contribution in [3.63, 3.8) is 0 Å². The van der Waals surface area contributed by atoms with Crippen molar-refractivity contribution in [1.29, 1.82) is 0 Å². The van der Waals surface area contributed by atoms with Crippen LogP contribution in [0.4, 0.5) is 0 Å². The zero-order valence-corrected chi connectivity index (χ0v) is 5.33. The van der Waals surface area contributed by atoms with E-state index in [0.717, 1.165) is 0 Å². The molecule has 0 heterocycles. The fourth-order valence-corrected chi connectivity index (χ4v) is 0.330. The third-order valence-corrected chi connectivity index (χ3v) is 0.638. The molecule has 0 spiro atoms. The minimum atomic E-state index is -0.411. The Bertz CT molecular complexity index is 107. The van der Waals surface area contributed by atoms with Gasteiger partial charge in [-0.25, -0.2) is 4.79 Å². The zero-order chi connectivity index (χ0) is 7.11. The van der Waals surface area contributed by atoms with Gasteiger partial charge in [-0.3, -0.25) is 0 Å². The molecule has 0 unspecified atom stereocenters. The number of carbonyl (C=O) groups excluding carboxylic acids is 1. The van der Waals surface area contributed by atoms with Gasteiger partial charge in [-0.15, -0.1) is 0 Å². The lowest BCUT2D eigenvalue weighted by Gasteiger charge is -1.95. The first kappa shape index (κ1) is 8.17. The normalized spacial score (nSPS) is 10.0. The maximum atomic E-state index is 10.4. The highest BCUT2D eigenvalue weighted by Gasteiger charge is 1.91. The number of aliphatic hydroxyl groups excluding tert-OH is 1. The Morgan fingerprint density at radius 3 is 2.89 bits per heavy atom. The fraction of sp³-hybridized carbons (Fsp3) is 0.500. The van der Waals surface area contributed by atoms with Crippen molar-refractivity contribution in [2.45, 2.75) is 6.92 Å². The van der Waals surface area contributed by atoms with E-state index in [4.69, 9.17) is 5.11 Å². The van der Waals surface area contributed by atoms with Gasteiger partial charge < -0.3 is 9.84 Å². The van der Waals surface area contributed by atoms with Crippen molar-refractivity contribution in [3.05, 3.63) is 12.2 Å². The van der Waals surface area contributed by atoms with Crippen LogP contribution in [-0.2, 0) is 9.53 Å². The lowest BCUT2D eigenvalue weighted by molar-refractivity contribution is -0.138. The van der Waals surface area contributed by atoms with Crippen LogP contribution in [0.3, 0.4) is 0 Å². The number of allylic oxidation sites excluding steroid dienone is 1. The molecule has 0 aromatic carbocycles. The maximum Gasteiger partial charge on any atom is 0.330 e. The van der Waals surface area contributed by atoms with Gasteiger partial charge in [0.25, 0.3) is 0 Å². The number of ether oxygens (including phenoxy) is 1. The number of aliphatic hydroxyl groups is 1. The minimum Gasteiger partial charge on any atom is -0.460 e. The molecular formula is C6H10O3. The average molecular weight is 130 g/mol. The van der Waals surface area contributed by atoms with Crippen molar-refractivity contribution < 1.29 is 14.6 Å². The van der Waals surface area contributed by atoms with Crippen molar-refractivity contribution >= 4 is 5.97 Å². The molecule has 0 fully saturated rings. The number of carbonyl (C=O) groups is 1. The van der Waals surface area contributed by atoms with Gasteiger partial charge >= 0.3 is 5.97 Å². The molecule has 1 N–H and O–H groups in total. The van der Waals surface area contributed by atoms with Gasteiger partial charge in [0.15, 0.2) is 0 Å². The zero-order valence-electron chi connectivity index (χ0n) is 5.33. The highest BCUT2D eigenvalue weighted by Crippen LogP contribution is 1.79. The van der Waals surface area contributed by atoms with Gasteiger partial charge in [0, 0.05) is 6.08 Å². The summed E-state index contributed by atoms with van der Waals surface area (Å²) in [6, 6.07) is 0. The summed E-state index contributed by atoms with van der Waals surface area (Å²) in [7, 11) is 0. The SMILES string of the molecule is C/C=C\C(=O)OCCO. The van der Waals surface area contributed by atoms with E-state index in [9.17, 15) is 4.79 Å². The van der Waals surface area contributed by atoms with Gasteiger partial charge in [0.05, 0.1) is 6.61 Å². The molecule has 0 atom stereocenters. The van der Waals surface area contributed by atoms with Crippen molar-refractivity contribution in [2.24, 2.45) is 0 Å². The lowest BCUT2D eigenvalue weighted by atomic mass is 10.5. The molecule has 3 heteroatoms. The quantitative estimate of drug-likeness (QED) is 0.435. The van der Waals surface area contributed by atoms with Crippen LogP contribution in [0.5, 0.6) is 0 Å². The summed E-state index contributed by atoms with van der Waals surface area (Å²) in [5.74, 6) is -0.411. The van der Waals surface area contributed by atoms with Crippen molar-refractivity contribution in [1.82, 2.24) is 0 Å². The minimum absolute atomic E-state index is 0.0726. The lowest BCUT2D eigenvalue weighted by Crippen LogP contribution is -2.04. The molecule has 0 bridgehead atoms. The van der Waals surface area contributed by atoms with Crippen LogP contribution in [-0.4, -0.2) is 24.3 Å². The molecule has 9 heavy (non-hydrogen) atoms. The molecule has 52 valence electrons. The summed E-state index contributed by atoms with van der Waals surface area (Å²) in [5, 5.41) is 8.18. The molecule has 0 aliphatic rings. The standard InChI is InChI=1S/C6H10O3/c1-2-3-6(8)9-5-4-7/h2-3,7H,4-5H2,1H3/b3-2-. The van der Waals surface area contributed by atoms with Crippen molar-refractivity contribution in [3.8, 4) is 0 Å². The third kappa shape index (κ3) is 5.03. The monoisotopic (exact) mass is 130 g/mol. The van der Waals surface area contributed by atoms with Crippen LogP contribution in [0, 0.1) is 0 Å². The highest BCUT2D eigenvalue weighted by molar-refractivity contribution is 5.81. The topological polar surface area (TPSA) is 46.5 Å². The predicted molar refractivity (Wildman–Crippen MR) is 32.9 cm³/mol. The van der Waals surface area contributed by atoms with E-state index >= 15 is 0 Å². The van der Waals surface area contributed by atoms with Gasteiger partial charge in [0.2, 0.25) is 0 Å². The summed E-state index contributed by atoms with van der Waals surface area (Å²) < 4.78 is 4.46. The first-order valence-electron chi connectivity index (χ1n) is 2.71. The van der Waals surface area contributed by atoms with E-state index in [-0.39, 0.29) is 13.2 Å². The molecule has 0 aliphatic heterocycles. The first-order valence-corrected chi connectivity index (χ1v) is 2.71. The van der Waals surface area contributed by atoms with E-state index in [2.05, 4.69) is 4.74 Å². The molecule has 0 radical (unpaired) electrons. The molecule has 0 aromatic heterocycles. The van der Waals surface area contributed by atoms with Gasteiger partial charge in [-0.05, 0) is 6.92 Å². The number of hydrogen-bond donors (Lipinski definition) is 1. The van der Waals surface area contributed by atoms with E-state index < -0.39 is 5.97 Å². The van der Waals surface area contributed by atoms with Gasteiger partial charge in [0.1, 0.15) is 6.61 Å². The van der Waals surface area contributed by atoms with Crippen LogP contribution in [0.1, 0.15) is 6.92 Å². The Kier molecular flexibility index (Phi) is 4.82. The maximum absolute atomic E-state index is 10.4. The third-order valence-electron chi connectivity index (χ3n) is 0.638. The molecule has 0 aromatic rings. The summed E-state index contributed by atoms with van der Waals surface area (Å²) in [6.07, 6.45) is 2.88. The second kappa shape index (κ2) is 5.31. The van der Waals surface area contributed by atoms with Crippen LogP contribution in [0.2, 0.25) is 0 Å².